The average molecular weight is 442 g/mol. The Kier molecular flexibility index (Phi) is 5.07. The van der Waals surface area contributed by atoms with Gasteiger partial charge in [0.25, 0.3) is 0 Å². The smallest absolute Gasteiger partial charge is 0.232 e. The van der Waals surface area contributed by atoms with Crippen molar-refractivity contribution in [1.29, 1.82) is 0 Å². The Balaban J connectivity index is 1.77. The summed E-state index contributed by atoms with van der Waals surface area (Å²) in [5.41, 5.74) is 1.80. The van der Waals surface area contributed by atoms with Crippen molar-refractivity contribution in [2.75, 3.05) is 17.2 Å². The SMILES string of the molecule is CC1Cc2cc(C(=O)COc3ccc(Br)cc3F)ccc2N1S(C)(=O)=O. The molecule has 1 aliphatic rings. The number of nitrogens with zero attached hydrogens (tertiary/aromatic N) is 1. The van der Waals surface area contributed by atoms with Crippen LogP contribution in [0.2, 0.25) is 0 Å². The van der Waals surface area contributed by atoms with E-state index in [-0.39, 0.29) is 24.2 Å². The topological polar surface area (TPSA) is 63.7 Å². The van der Waals surface area contributed by atoms with E-state index in [0.29, 0.717) is 22.1 Å². The van der Waals surface area contributed by atoms with E-state index in [9.17, 15) is 17.6 Å². The number of ether oxygens (including phenoxy) is 1. The van der Waals surface area contributed by atoms with Gasteiger partial charge >= 0.3 is 0 Å². The van der Waals surface area contributed by atoms with Crippen LogP contribution in [0.3, 0.4) is 0 Å². The highest BCUT2D eigenvalue weighted by Crippen LogP contribution is 2.34. The molecule has 0 bridgehead atoms. The number of benzene rings is 2. The van der Waals surface area contributed by atoms with Crippen molar-refractivity contribution in [3.8, 4) is 5.75 Å². The Morgan fingerprint density at radius 3 is 2.69 bits per heavy atom. The minimum atomic E-state index is -3.37. The lowest BCUT2D eigenvalue weighted by Crippen LogP contribution is -2.34. The van der Waals surface area contributed by atoms with Gasteiger partial charge in [0.15, 0.2) is 24.0 Å². The molecule has 2 aromatic carbocycles. The highest BCUT2D eigenvalue weighted by Gasteiger charge is 2.32. The summed E-state index contributed by atoms with van der Waals surface area (Å²) in [5, 5.41) is 0. The molecule has 2 aromatic rings. The minimum absolute atomic E-state index is 0.000385. The van der Waals surface area contributed by atoms with E-state index in [1.165, 1.54) is 16.4 Å². The highest BCUT2D eigenvalue weighted by molar-refractivity contribution is 9.10. The molecule has 8 heteroatoms. The number of Topliss-reactive ketones (excluding diaryl/α,β-unsaturated/α-hetero) is 1. The largest absolute Gasteiger partial charge is 0.482 e. The zero-order chi connectivity index (χ0) is 19.1. The third-order valence-electron chi connectivity index (χ3n) is 4.16. The number of anilines is 1. The van der Waals surface area contributed by atoms with Crippen LogP contribution in [-0.4, -0.2) is 33.1 Å². The molecule has 0 spiro atoms. The first kappa shape index (κ1) is 18.8. The van der Waals surface area contributed by atoms with Gasteiger partial charge in [0, 0.05) is 16.1 Å². The molecule has 0 saturated carbocycles. The molecule has 0 radical (unpaired) electrons. The zero-order valence-corrected chi connectivity index (χ0v) is 16.6. The molecule has 3 rings (SSSR count). The molecular formula is C18H17BrFNO4S. The number of carbonyl (C=O) groups excluding carboxylic acids is 1. The van der Waals surface area contributed by atoms with Crippen LogP contribution in [0, 0.1) is 5.82 Å². The molecule has 138 valence electrons. The van der Waals surface area contributed by atoms with Gasteiger partial charge in [0.05, 0.1) is 11.9 Å². The lowest BCUT2D eigenvalue weighted by Gasteiger charge is -2.21. The number of hydrogen-bond acceptors (Lipinski definition) is 4. The maximum absolute atomic E-state index is 13.8. The molecule has 1 heterocycles. The van der Waals surface area contributed by atoms with Gasteiger partial charge in [-0.05, 0) is 55.3 Å². The second kappa shape index (κ2) is 7.00. The normalized spacial score (nSPS) is 16.5. The van der Waals surface area contributed by atoms with E-state index in [4.69, 9.17) is 4.74 Å². The van der Waals surface area contributed by atoms with Gasteiger partial charge in [0.2, 0.25) is 10.0 Å². The van der Waals surface area contributed by atoms with Crippen molar-refractivity contribution < 1.29 is 22.3 Å². The van der Waals surface area contributed by atoms with E-state index in [1.807, 2.05) is 6.92 Å². The van der Waals surface area contributed by atoms with Gasteiger partial charge in [-0.3, -0.25) is 9.10 Å². The number of ketones is 1. The molecular weight excluding hydrogens is 425 g/mol. The summed E-state index contributed by atoms with van der Waals surface area (Å²) in [6.45, 7) is 1.52. The summed E-state index contributed by atoms with van der Waals surface area (Å²) in [6.07, 6.45) is 1.70. The van der Waals surface area contributed by atoms with Crippen molar-refractivity contribution in [2.45, 2.75) is 19.4 Å². The monoisotopic (exact) mass is 441 g/mol. The Bertz CT molecular complexity index is 977. The molecule has 0 saturated heterocycles. The van der Waals surface area contributed by atoms with Crippen molar-refractivity contribution in [2.24, 2.45) is 0 Å². The number of rotatable bonds is 5. The second-order valence-electron chi connectivity index (χ2n) is 6.24. The van der Waals surface area contributed by atoms with E-state index in [0.717, 1.165) is 11.8 Å². The lowest BCUT2D eigenvalue weighted by molar-refractivity contribution is 0.0918. The van der Waals surface area contributed by atoms with Crippen LogP contribution in [0.1, 0.15) is 22.8 Å². The van der Waals surface area contributed by atoms with Crippen molar-refractivity contribution in [3.05, 3.63) is 57.8 Å². The molecule has 0 N–H and O–H groups in total. The summed E-state index contributed by atoms with van der Waals surface area (Å²) < 4.78 is 44.9. The van der Waals surface area contributed by atoms with Crippen molar-refractivity contribution in [3.63, 3.8) is 0 Å². The Morgan fingerprint density at radius 1 is 1.31 bits per heavy atom. The van der Waals surface area contributed by atoms with Crippen LogP contribution in [0.5, 0.6) is 5.75 Å². The fourth-order valence-electron chi connectivity index (χ4n) is 3.10. The van der Waals surface area contributed by atoms with Gasteiger partial charge in [-0.25, -0.2) is 12.8 Å². The van der Waals surface area contributed by atoms with Gasteiger partial charge < -0.3 is 4.74 Å². The molecule has 1 unspecified atom stereocenters. The number of hydrogen-bond donors (Lipinski definition) is 0. The third-order valence-corrected chi connectivity index (χ3v) is 5.93. The summed E-state index contributed by atoms with van der Waals surface area (Å²) in [7, 11) is -3.37. The number of fused-ring (bicyclic) bond motifs is 1. The van der Waals surface area contributed by atoms with Crippen LogP contribution < -0.4 is 9.04 Å². The van der Waals surface area contributed by atoms with E-state index >= 15 is 0 Å². The van der Waals surface area contributed by atoms with Gasteiger partial charge in [0.1, 0.15) is 0 Å². The van der Waals surface area contributed by atoms with Gasteiger partial charge in [-0.1, -0.05) is 15.9 Å². The summed E-state index contributed by atoms with van der Waals surface area (Å²) in [6, 6.07) is 9.02. The predicted octanol–water partition coefficient (Wildman–Crippen LogP) is 3.56. The van der Waals surface area contributed by atoms with Gasteiger partial charge in [-0.15, -0.1) is 0 Å². The molecule has 0 amide bonds. The summed E-state index contributed by atoms with van der Waals surface area (Å²) >= 11 is 3.16. The fourth-order valence-corrected chi connectivity index (χ4v) is 4.70. The quantitative estimate of drug-likeness (QED) is 0.665. The second-order valence-corrected chi connectivity index (χ2v) is 9.02. The Morgan fingerprint density at radius 2 is 2.04 bits per heavy atom. The van der Waals surface area contributed by atoms with E-state index in [1.54, 1.807) is 24.3 Å². The molecule has 1 atom stereocenters. The lowest BCUT2D eigenvalue weighted by atomic mass is 10.0. The zero-order valence-electron chi connectivity index (χ0n) is 14.2. The van der Waals surface area contributed by atoms with E-state index in [2.05, 4.69) is 15.9 Å². The third kappa shape index (κ3) is 3.76. The minimum Gasteiger partial charge on any atom is -0.482 e. The van der Waals surface area contributed by atoms with Crippen LogP contribution in [-0.2, 0) is 16.4 Å². The molecule has 1 aliphatic heterocycles. The Hall–Kier alpha value is -1.93. The first-order valence-corrected chi connectivity index (χ1v) is 10.5. The highest BCUT2D eigenvalue weighted by atomic mass is 79.9. The number of sulfonamides is 1. The van der Waals surface area contributed by atoms with Crippen LogP contribution in [0.15, 0.2) is 40.9 Å². The maximum atomic E-state index is 13.8. The first-order valence-electron chi connectivity index (χ1n) is 7.90. The Labute approximate surface area is 160 Å². The average Bonchev–Trinajstić information content (AvgIpc) is 2.88. The number of carbonyl (C=O) groups is 1. The molecule has 0 aromatic heterocycles. The fraction of sp³-hybridized carbons (Fsp3) is 0.278. The predicted molar refractivity (Wildman–Crippen MR) is 101 cm³/mol. The number of halogens is 2. The van der Waals surface area contributed by atoms with Crippen molar-refractivity contribution >= 4 is 37.4 Å². The maximum Gasteiger partial charge on any atom is 0.232 e. The van der Waals surface area contributed by atoms with Crippen LogP contribution in [0.4, 0.5) is 10.1 Å². The molecule has 0 fully saturated rings. The summed E-state index contributed by atoms with van der Waals surface area (Å²) in [5.74, 6) is -0.862. The molecule has 5 nitrogen and oxygen atoms in total. The first-order chi connectivity index (χ1) is 12.2. The summed E-state index contributed by atoms with van der Waals surface area (Å²) in [4.78, 5) is 12.4. The van der Waals surface area contributed by atoms with Crippen molar-refractivity contribution in [1.82, 2.24) is 0 Å². The van der Waals surface area contributed by atoms with Crippen LogP contribution in [0.25, 0.3) is 0 Å². The molecule has 26 heavy (non-hydrogen) atoms. The van der Waals surface area contributed by atoms with Gasteiger partial charge in [-0.2, -0.15) is 0 Å². The molecule has 0 aliphatic carbocycles. The van der Waals surface area contributed by atoms with E-state index < -0.39 is 15.8 Å². The standard InChI is InChI=1S/C18H17BrFNO4S/c1-11-7-13-8-12(3-5-16(13)21(11)26(2,23)24)17(22)10-25-18-6-4-14(19)9-15(18)20/h3-6,8-9,11H,7,10H2,1-2H3. The van der Waals surface area contributed by atoms with Crippen LogP contribution >= 0.6 is 15.9 Å².